The summed E-state index contributed by atoms with van der Waals surface area (Å²) in [7, 11) is 0. The normalized spacial score (nSPS) is 41.5. The summed E-state index contributed by atoms with van der Waals surface area (Å²) in [6.45, 7) is 4.61. The third-order valence-electron chi connectivity index (χ3n) is 8.01. The van der Waals surface area contributed by atoms with Crippen molar-refractivity contribution in [1.82, 2.24) is 10.2 Å². The molecule has 5 rings (SSSR count). The predicted octanol–water partition coefficient (Wildman–Crippen LogP) is 2.34. The van der Waals surface area contributed by atoms with E-state index in [0.717, 1.165) is 45.2 Å². The number of carbonyl (C=O) groups is 1. The molecule has 1 saturated carbocycles. The second-order valence-electron chi connectivity index (χ2n) is 9.38. The molecule has 5 fully saturated rings. The minimum absolute atomic E-state index is 0.107. The smallest absolute Gasteiger partial charge is 0.223 e. The molecule has 4 atom stereocenters. The Balaban J connectivity index is 1.21. The van der Waals surface area contributed by atoms with Gasteiger partial charge in [0, 0.05) is 56.6 Å². The zero-order chi connectivity index (χ0) is 17.6. The van der Waals surface area contributed by atoms with Gasteiger partial charge in [0.1, 0.15) is 0 Å². The van der Waals surface area contributed by atoms with E-state index in [4.69, 9.17) is 9.47 Å². The second kappa shape index (κ2) is 7.06. The average Bonchev–Trinajstić information content (AvgIpc) is 3.36. The lowest BCUT2D eigenvalue weighted by Crippen LogP contribution is -2.43. The molecule has 5 aliphatic rings. The minimum Gasteiger partial charge on any atom is -0.381 e. The van der Waals surface area contributed by atoms with Gasteiger partial charge in [-0.25, -0.2) is 0 Å². The maximum Gasteiger partial charge on any atom is 0.223 e. The van der Waals surface area contributed by atoms with E-state index in [-0.39, 0.29) is 17.4 Å². The maximum atomic E-state index is 12.5. The Labute approximate surface area is 157 Å². The molecule has 1 amide bonds. The van der Waals surface area contributed by atoms with Gasteiger partial charge in [0.2, 0.25) is 5.91 Å². The van der Waals surface area contributed by atoms with E-state index in [2.05, 4.69) is 10.2 Å². The topological polar surface area (TPSA) is 50.8 Å². The highest BCUT2D eigenvalue weighted by molar-refractivity contribution is 5.78. The van der Waals surface area contributed by atoms with Crippen LogP contribution in [0.1, 0.15) is 57.8 Å². The summed E-state index contributed by atoms with van der Waals surface area (Å²) >= 11 is 0. The fraction of sp³-hybridized carbons (Fsp3) is 0.952. The Morgan fingerprint density at radius 2 is 1.88 bits per heavy atom. The molecule has 0 radical (unpaired) electrons. The third kappa shape index (κ3) is 3.00. The fourth-order valence-electron chi connectivity index (χ4n) is 6.55. The van der Waals surface area contributed by atoms with E-state index in [1.165, 1.54) is 51.5 Å². The van der Waals surface area contributed by atoms with Gasteiger partial charge in [-0.2, -0.15) is 0 Å². The van der Waals surface area contributed by atoms with Crippen molar-refractivity contribution in [2.75, 3.05) is 32.8 Å². The molecule has 0 aromatic rings. The molecule has 5 heteroatoms. The van der Waals surface area contributed by atoms with Gasteiger partial charge in [0.25, 0.3) is 0 Å². The molecular formula is C21H34N2O3. The van der Waals surface area contributed by atoms with E-state index in [1.54, 1.807) is 0 Å². The molecule has 1 aliphatic carbocycles. The highest BCUT2D eigenvalue weighted by Gasteiger charge is 2.63. The number of amides is 1. The summed E-state index contributed by atoms with van der Waals surface area (Å²) in [6.07, 6.45) is 11.5. The SMILES string of the molecule is O=C(NC[C@H]1[C@H]2CN(C3CCCCC3)C[C@]23CC[C@H]1O3)C1CCOCC1. The first kappa shape index (κ1) is 17.4. The number of ether oxygens (including phenoxy) is 2. The van der Waals surface area contributed by atoms with Crippen LogP contribution in [0.25, 0.3) is 0 Å². The predicted molar refractivity (Wildman–Crippen MR) is 98.8 cm³/mol. The highest BCUT2D eigenvalue weighted by Crippen LogP contribution is 2.55. The number of hydrogen-bond donors (Lipinski definition) is 1. The van der Waals surface area contributed by atoms with Crippen molar-refractivity contribution in [2.45, 2.75) is 75.5 Å². The summed E-state index contributed by atoms with van der Waals surface area (Å²) in [5.74, 6) is 1.53. The third-order valence-corrected chi connectivity index (χ3v) is 8.01. The minimum atomic E-state index is 0.107. The van der Waals surface area contributed by atoms with E-state index in [0.29, 0.717) is 17.9 Å². The number of nitrogens with zero attached hydrogens (tertiary/aromatic N) is 1. The van der Waals surface area contributed by atoms with Crippen molar-refractivity contribution >= 4 is 5.91 Å². The summed E-state index contributed by atoms with van der Waals surface area (Å²) in [5, 5.41) is 3.29. The van der Waals surface area contributed by atoms with E-state index in [9.17, 15) is 4.79 Å². The number of hydrogen-bond acceptors (Lipinski definition) is 4. The van der Waals surface area contributed by atoms with Crippen molar-refractivity contribution in [3.8, 4) is 0 Å². The summed E-state index contributed by atoms with van der Waals surface area (Å²) in [5.41, 5.74) is 0.107. The maximum absolute atomic E-state index is 12.5. The molecule has 0 unspecified atom stereocenters. The van der Waals surface area contributed by atoms with Crippen molar-refractivity contribution in [2.24, 2.45) is 17.8 Å². The van der Waals surface area contributed by atoms with Crippen LogP contribution in [-0.4, -0.2) is 61.4 Å². The lowest BCUT2D eigenvalue weighted by Gasteiger charge is -2.32. The van der Waals surface area contributed by atoms with Gasteiger partial charge in [-0.05, 0) is 38.5 Å². The molecule has 26 heavy (non-hydrogen) atoms. The highest BCUT2D eigenvalue weighted by atomic mass is 16.5. The molecule has 0 aromatic heterocycles. The van der Waals surface area contributed by atoms with E-state index in [1.807, 2.05) is 0 Å². The van der Waals surface area contributed by atoms with Crippen LogP contribution >= 0.6 is 0 Å². The first-order chi connectivity index (χ1) is 12.8. The van der Waals surface area contributed by atoms with Crippen LogP contribution in [0.3, 0.4) is 0 Å². The summed E-state index contributed by atoms with van der Waals surface area (Å²) < 4.78 is 12.0. The van der Waals surface area contributed by atoms with Crippen molar-refractivity contribution in [3.05, 3.63) is 0 Å². The molecule has 0 aromatic carbocycles. The van der Waals surface area contributed by atoms with Crippen molar-refractivity contribution < 1.29 is 14.3 Å². The van der Waals surface area contributed by atoms with Gasteiger partial charge >= 0.3 is 0 Å². The Morgan fingerprint density at radius 3 is 2.69 bits per heavy atom. The van der Waals surface area contributed by atoms with Gasteiger partial charge in [0.15, 0.2) is 0 Å². The summed E-state index contributed by atoms with van der Waals surface area (Å²) in [4.78, 5) is 15.3. The van der Waals surface area contributed by atoms with Gasteiger partial charge < -0.3 is 14.8 Å². The Bertz CT molecular complexity index is 529. The van der Waals surface area contributed by atoms with Crippen molar-refractivity contribution in [3.63, 3.8) is 0 Å². The first-order valence-corrected chi connectivity index (χ1v) is 11.0. The molecular weight excluding hydrogens is 328 g/mol. The first-order valence-electron chi connectivity index (χ1n) is 11.0. The lowest BCUT2D eigenvalue weighted by molar-refractivity contribution is -0.128. The average molecular weight is 363 g/mol. The zero-order valence-electron chi connectivity index (χ0n) is 16.0. The van der Waals surface area contributed by atoms with E-state index >= 15 is 0 Å². The number of fused-ring (bicyclic) bond motifs is 1. The molecule has 5 nitrogen and oxygen atoms in total. The van der Waals surface area contributed by atoms with Gasteiger partial charge in [-0.1, -0.05) is 19.3 Å². The lowest BCUT2D eigenvalue weighted by atomic mass is 9.73. The van der Waals surface area contributed by atoms with Crippen LogP contribution in [0, 0.1) is 17.8 Å². The van der Waals surface area contributed by atoms with Crippen molar-refractivity contribution in [1.29, 1.82) is 0 Å². The Kier molecular flexibility index (Phi) is 4.74. The monoisotopic (exact) mass is 362 g/mol. The fourth-order valence-corrected chi connectivity index (χ4v) is 6.55. The van der Waals surface area contributed by atoms with Crippen LogP contribution < -0.4 is 5.32 Å². The van der Waals surface area contributed by atoms with Gasteiger partial charge in [0.05, 0.1) is 11.7 Å². The second-order valence-corrected chi connectivity index (χ2v) is 9.38. The zero-order valence-corrected chi connectivity index (χ0v) is 16.0. The summed E-state index contributed by atoms with van der Waals surface area (Å²) in [6, 6.07) is 0.781. The molecule has 1 N–H and O–H groups in total. The van der Waals surface area contributed by atoms with Crippen LogP contribution in [0.5, 0.6) is 0 Å². The molecule has 146 valence electrons. The largest absolute Gasteiger partial charge is 0.381 e. The Morgan fingerprint density at radius 1 is 1.08 bits per heavy atom. The molecule has 4 aliphatic heterocycles. The molecule has 4 saturated heterocycles. The molecule has 2 bridgehead atoms. The number of likely N-dealkylation sites (tertiary alicyclic amines) is 1. The van der Waals surface area contributed by atoms with E-state index < -0.39 is 0 Å². The standard InChI is InChI=1S/C21H34N2O3/c24-20(15-7-10-25-11-8-15)22-12-17-18-13-23(16-4-2-1-3-5-16)14-21(18)9-6-19(17)26-21/h15-19H,1-14H2,(H,22,24)/t17-,18+,19+,21+/m0/s1. The number of rotatable bonds is 4. The van der Waals surface area contributed by atoms with Gasteiger partial charge in [-0.3, -0.25) is 9.69 Å². The number of carbonyl (C=O) groups excluding carboxylic acids is 1. The quantitative estimate of drug-likeness (QED) is 0.834. The van der Waals surface area contributed by atoms with Gasteiger partial charge in [-0.15, -0.1) is 0 Å². The Hall–Kier alpha value is -0.650. The molecule has 1 spiro atoms. The van der Waals surface area contributed by atoms with Crippen LogP contribution in [0.2, 0.25) is 0 Å². The van der Waals surface area contributed by atoms with Crippen LogP contribution in [0.4, 0.5) is 0 Å². The number of nitrogens with one attached hydrogen (secondary N) is 1. The van der Waals surface area contributed by atoms with Crippen LogP contribution in [-0.2, 0) is 14.3 Å². The van der Waals surface area contributed by atoms with Crippen LogP contribution in [0.15, 0.2) is 0 Å². The molecule has 4 heterocycles.